The Morgan fingerprint density at radius 1 is 1.38 bits per heavy atom. The van der Waals surface area contributed by atoms with E-state index in [0.717, 1.165) is 11.6 Å². The lowest BCUT2D eigenvalue weighted by atomic mass is 10.1. The number of aromatic hydroxyl groups is 1. The molecule has 0 bridgehead atoms. The Labute approximate surface area is 137 Å². The quantitative estimate of drug-likeness (QED) is 0.937. The number of phenolic OH excluding ortho intramolecular Hbond substituents is 1. The van der Waals surface area contributed by atoms with Gasteiger partial charge in [0.1, 0.15) is 11.9 Å². The maximum Gasteiger partial charge on any atom is 0.257 e. The van der Waals surface area contributed by atoms with E-state index in [9.17, 15) is 18.7 Å². The molecule has 5 nitrogen and oxygen atoms in total. The largest absolute Gasteiger partial charge is 0.504 e. The molecule has 0 radical (unpaired) electrons. The molecule has 1 atom stereocenters. The van der Waals surface area contributed by atoms with Crippen LogP contribution in [0.1, 0.15) is 22.3 Å². The summed E-state index contributed by atoms with van der Waals surface area (Å²) in [5.41, 5.74) is 0.621. The summed E-state index contributed by atoms with van der Waals surface area (Å²) in [6.07, 6.45) is 1.99. The number of hydrogen-bond acceptors (Lipinski definition) is 4. The van der Waals surface area contributed by atoms with Crippen LogP contribution in [0.15, 0.2) is 30.5 Å². The molecular formula is C17H16F2N2O3. The van der Waals surface area contributed by atoms with Gasteiger partial charge in [0.05, 0.1) is 12.1 Å². The van der Waals surface area contributed by atoms with Crippen LogP contribution in [-0.2, 0) is 0 Å². The number of nitrogens with zero attached hydrogens (tertiary/aromatic N) is 2. The number of hydrogen-bond donors (Lipinski definition) is 1. The van der Waals surface area contributed by atoms with E-state index in [1.165, 1.54) is 4.90 Å². The monoisotopic (exact) mass is 334 g/mol. The maximum absolute atomic E-state index is 13.4. The van der Waals surface area contributed by atoms with Crippen molar-refractivity contribution in [1.29, 1.82) is 0 Å². The number of aromatic nitrogens is 1. The smallest absolute Gasteiger partial charge is 0.257 e. The van der Waals surface area contributed by atoms with Crippen molar-refractivity contribution in [3.63, 3.8) is 0 Å². The summed E-state index contributed by atoms with van der Waals surface area (Å²) in [5.74, 6) is -3.09. The van der Waals surface area contributed by atoms with Crippen LogP contribution in [0.5, 0.6) is 11.6 Å². The summed E-state index contributed by atoms with van der Waals surface area (Å²) < 4.78 is 32.4. The fourth-order valence-corrected chi connectivity index (χ4v) is 2.60. The lowest BCUT2D eigenvalue weighted by Crippen LogP contribution is -2.31. The number of halogens is 2. The van der Waals surface area contributed by atoms with Gasteiger partial charge in [0, 0.05) is 31.3 Å². The SMILES string of the molecule is Cc1ccc(OC2CCN(C(=O)c3cc(F)cc(F)c3O)C2)nc1. The van der Waals surface area contributed by atoms with Crippen LogP contribution in [-0.4, -0.2) is 40.1 Å². The number of rotatable bonds is 3. The molecule has 2 heterocycles. The highest BCUT2D eigenvalue weighted by molar-refractivity contribution is 5.97. The molecule has 1 saturated heterocycles. The molecule has 1 unspecified atom stereocenters. The van der Waals surface area contributed by atoms with Gasteiger partial charge in [-0.15, -0.1) is 0 Å². The lowest BCUT2D eigenvalue weighted by molar-refractivity contribution is 0.0766. The number of phenols is 1. The Hall–Kier alpha value is -2.70. The van der Waals surface area contributed by atoms with Crippen LogP contribution >= 0.6 is 0 Å². The second kappa shape index (κ2) is 6.43. The highest BCUT2D eigenvalue weighted by Gasteiger charge is 2.30. The first-order valence-electron chi connectivity index (χ1n) is 7.50. The average molecular weight is 334 g/mol. The number of ether oxygens (including phenoxy) is 1. The molecule has 126 valence electrons. The topological polar surface area (TPSA) is 62.7 Å². The summed E-state index contributed by atoms with van der Waals surface area (Å²) >= 11 is 0. The van der Waals surface area contributed by atoms with Crippen molar-refractivity contribution in [2.24, 2.45) is 0 Å². The highest BCUT2D eigenvalue weighted by Crippen LogP contribution is 2.26. The molecule has 1 amide bonds. The summed E-state index contributed by atoms with van der Waals surface area (Å²) in [7, 11) is 0. The standard InChI is InChI=1S/C17H16F2N2O3/c1-10-2-3-15(20-8-10)24-12-4-5-21(9-12)17(23)13-6-11(18)7-14(19)16(13)22/h2-3,6-8,12,22H,4-5,9H2,1H3. The molecule has 1 fully saturated rings. The van der Waals surface area contributed by atoms with Crippen LogP contribution < -0.4 is 4.74 Å². The Morgan fingerprint density at radius 3 is 2.88 bits per heavy atom. The van der Waals surface area contributed by atoms with Crippen molar-refractivity contribution < 1.29 is 23.4 Å². The second-order valence-electron chi connectivity index (χ2n) is 5.74. The lowest BCUT2D eigenvalue weighted by Gasteiger charge is -2.18. The predicted octanol–water partition coefficient (Wildman–Crippen LogP) is 2.67. The van der Waals surface area contributed by atoms with Crippen molar-refractivity contribution in [1.82, 2.24) is 9.88 Å². The number of aryl methyl sites for hydroxylation is 1. The molecular weight excluding hydrogens is 318 g/mol. The summed E-state index contributed by atoms with van der Waals surface area (Å²) in [6.45, 7) is 2.54. The molecule has 1 aromatic carbocycles. The summed E-state index contributed by atoms with van der Waals surface area (Å²) in [5, 5.41) is 9.65. The van der Waals surface area contributed by atoms with E-state index in [1.54, 1.807) is 12.3 Å². The molecule has 1 aliphatic heterocycles. The summed E-state index contributed by atoms with van der Waals surface area (Å²) in [6, 6.07) is 4.98. The van der Waals surface area contributed by atoms with Gasteiger partial charge in [-0.3, -0.25) is 4.79 Å². The molecule has 24 heavy (non-hydrogen) atoms. The molecule has 0 spiro atoms. The third-order valence-electron chi connectivity index (χ3n) is 3.86. The van der Waals surface area contributed by atoms with Gasteiger partial charge in [-0.1, -0.05) is 6.07 Å². The second-order valence-corrected chi connectivity index (χ2v) is 5.74. The van der Waals surface area contributed by atoms with Crippen molar-refractivity contribution in [2.75, 3.05) is 13.1 Å². The number of amides is 1. The van der Waals surface area contributed by atoms with Gasteiger partial charge in [-0.05, 0) is 18.6 Å². The first-order chi connectivity index (χ1) is 11.4. The number of carbonyl (C=O) groups is 1. The van der Waals surface area contributed by atoms with Gasteiger partial charge in [-0.25, -0.2) is 13.8 Å². The maximum atomic E-state index is 13.4. The minimum absolute atomic E-state index is 0.256. The molecule has 3 rings (SSSR count). The van der Waals surface area contributed by atoms with E-state index in [1.807, 2.05) is 13.0 Å². The van der Waals surface area contributed by atoms with E-state index in [4.69, 9.17) is 4.74 Å². The van der Waals surface area contributed by atoms with Crippen molar-refractivity contribution in [3.05, 3.63) is 53.2 Å². The molecule has 1 N–H and O–H groups in total. The third-order valence-corrected chi connectivity index (χ3v) is 3.86. The molecule has 0 aliphatic carbocycles. The number of likely N-dealkylation sites (tertiary alicyclic amines) is 1. The van der Waals surface area contributed by atoms with Gasteiger partial charge in [0.2, 0.25) is 5.88 Å². The zero-order valence-electron chi connectivity index (χ0n) is 13.0. The molecule has 1 aliphatic rings. The fourth-order valence-electron chi connectivity index (χ4n) is 2.60. The molecule has 2 aromatic rings. The predicted molar refractivity (Wildman–Crippen MR) is 81.9 cm³/mol. The van der Waals surface area contributed by atoms with Crippen LogP contribution in [0.3, 0.4) is 0 Å². The minimum atomic E-state index is -1.16. The Kier molecular flexibility index (Phi) is 4.33. The van der Waals surface area contributed by atoms with Crippen molar-refractivity contribution >= 4 is 5.91 Å². The number of benzene rings is 1. The fraction of sp³-hybridized carbons (Fsp3) is 0.294. The van der Waals surface area contributed by atoms with Crippen LogP contribution in [0.4, 0.5) is 8.78 Å². The Balaban J connectivity index is 1.69. The van der Waals surface area contributed by atoms with Crippen LogP contribution in [0.2, 0.25) is 0 Å². The molecule has 7 heteroatoms. The van der Waals surface area contributed by atoms with Crippen LogP contribution in [0, 0.1) is 18.6 Å². The Morgan fingerprint density at radius 2 is 2.17 bits per heavy atom. The van der Waals surface area contributed by atoms with Gasteiger partial charge in [0.15, 0.2) is 11.6 Å². The number of carbonyl (C=O) groups excluding carboxylic acids is 1. The molecule has 0 saturated carbocycles. The van der Waals surface area contributed by atoms with E-state index in [0.29, 0.717) is 24.9 Å². The van der Waals surface area contributed by atoms with Gasteiger partial charge >= 0.3 is 0 Å². The zero-order valence-corrected chi connectivity index (χ0v) is 13.0. The zero-order chi connectivity index (χ0) is 17.3. The van der Waals surface area contributed by atoms with Gasteiger partial charge in [-0.2, -0.15) is 0 Å². The third kappa shape index (κ3) is 3.29. The van der Waals surface area contributed by atoms with Gasteiger partial charge < -0.3 is 14.7 Å². The average Bonchev–Trinajstić information content (AvgIpc) is 3.01. The van der Waals surface area contributed by atoms with E-state index >= 15 is 0 Å². The van der Waals surface area contributed by atoms with E-state index in [2.05, 4.69) is 4.98 Å². The van der Waals surface area contributed by atoms with Crippen molar-refractivity contribution in [3.8, 4) is 11.6 Å². The highest BCUT2D eigenvalue weighted by atomic mass is 19.1. The Bertz CT molecular complexity index is 765. The molecule has 1 aromatic heterocycles. The minimum Gasteiger partial charge on any atom is -0.504 e. The van der Waals surface area contributed by atoms with Crippen LogP contribution in [0.25, 0.3) is 0 Å². The normalized spacial score (nSPS) is 17.1. The van der Waals surface area contributed by atoms with E-state index in [-0.39, 0.29) is 18.2 Å². The first-order valence-corrected chi connectivity index (χ1v) is 7.50. The number of pyridine rings is 1. The summed E-state index contributed by atoms with van der Waals surface area (Å²) in [4.78, 5) is 17.9. The first kappa shape index (κ1) is 16.2. The van der Waals surface area contributed by atoms with Crippen molar-refractivity contribution in [2.45, 2.75) is 19.4 Å². The van der Waals surface area contributed by atoms with Gasteiger partial charge in [0.25, 0.3) is 5.91 Å². The van der Waals surface area contributed by atoms with E-state index < -0.39 is 23.3 Å².